The SMILES string of the molecule is C[C@@H]1C[C@H]1NC1COC2(CCN(C3(CC(=O)O)CNC3)CC2)C1. The van der Waals surface area contributed by atoms with Crippen molar-refractivity contribution in [3.63, 3.8) is 0 Å². The van der Waals surface area contributed by atoms with Crippen LogP contribution in [-0.4, -0.2) is 72.0 Å². The Kier molecular flexibility index (Phi) is 3.91. The Morgan fingerprint density at radius 2 is 2.09 bits per heavy atom. The molecule has 0 aromatic carbocycles. The normalized spacial score (nSPS) is 38.4. The molecule has 3 N–H and O–H groups in total. The second-order valence-corrected chi connectivity index (χ2v) is 8.27. The molecule has 0 aromatic heterocycles. The molecule has 0 radical (unpaired) electrons. The molecule has 3 aliphatic heterocycles. The molecule has 4 aliphatic rings. The van der Waals surface area contributed by atoms with E-state index in [9.17, 15) is 9.90 Å². The Morgan fingerprint density at radius 3 is 2.61 bits per heavy atom. The number of carboxylic acids is 1. The van der Waals surface area contributed by atoms with Crippen LogP contribution in [0, 0.1) is 5.92 Å². The first-order valence-electron chi connectivity index (χ1n) is 9.08. The Morgan fingerprint density at radius 1 is 1.39 bits per heavy atom. The summed E-state index contributed by atoms with van der Waals surface area (Å²) in [5.74, 6) is 0.141. The van der Waals surface area contributed by atoms with E-state index >= 15 is 0 Å². The Hall–Kier alpha value is -0.690. The van der Waals surface area contributed by atoms with Crippen LogP contribution < -0.4 is 10.6 Å². The van der Waals surface area contributed by atoms with Gasteiger partial charge in [0, 0.05) is 38.3 Å². The maximum atomic E-state index is 11.2. The molecule has 0 aromatic rings. The number of likely N-dealkylation sites (tertiary alicyclic amines) is 1. The van der Waals surface area contributed by atoms with Gasteiger partial charge in [-0.15, -0.1) is 0 Å². The number of nitrogens with one attached hydrogen (secondary N) is 2. The van der Waals surface area contributed by atoms with Gasteiger partial charge in [-0.3, -0.25) is 9.69 Å². The summed E-state index contributed by atoms with van der Waals surface area (Å²) in [5, 5.41) is 16.2. The molecule has 1 unspecified atom stereocenters. The molecule has 3 heterocycles. The fourth-order valence-corrected chi connectivity index (χ4v) is 4.70. The van der Waals surface area contributed by atoms with Crippen LogP contribution in [0.25, 0.3) is 0 Å². The largest absolute Gasteiger partial charge is 0.481 e. The van der Waals surface area contributed by atoms with Gasteiger partial charge in [-0.05, 0) is 31.6 Å². The van der Waals surface area contributed by atoms with Gasteiger partial charge in [0.2, 0.25) is 0 Å². The van der Waals surface area contributed by atoms with Crippen molar-refractivity contribution in [2.24, 2.45) is 5.92 Å². The minimum atomic E-state index is -0.688. The summed E-state index contributed by atoms with van der Waals surface area (Å²) >= 11 is 0. The molecule has 23 heavy (non-hydrogen) atoms. The number of ether oxygens (including phenoxy) is 1. The van der Waals surface area contributed by atoms with Crippen LogP contribution in [0.4, 0.5) is 0 Å². The van der Waals surface area contributed by atoms with Gasteiger partial charge in [0.25, 0.3) is 0 Å². The maximum Gasteiger partial charge on any atom is 0.305 e. The summed E-state index contributed by atoms with van der Waals surface area (Å²) in [6, 6.07) is 1.22. The van der Waals surface area contributed by atoms with Crippen LogP contribution in [0.5, 0.6) is 0 Å². The van der Waals surface area contributed by atoms with E-state index in [0.29, 0.717) is 12.1 Å². The van der Waals surface area contributed by atoms with E-state index in [4.69, 9.17) is 4.74 Å². The predicted molar refractivity (Wildman–Crippen MR) is 86.5 cm³/mol. The first-order chi connectivity index (χ1) is 11.0. The smallest absolute Gasteiger partial charge is 0.305 e. The molecule has 6 heteroatoms. The fraction of sp³-hybridized carbons (Fsp3) is 0.941. The van der Waals surface area contributed by atoms with Crippen LogP contribution in [0.15, 0.2) is 0 Å². The minimum absolute atomic E-state index is 0.0356. The molecule has 1 saturated carbocycles. The number of hydrogen-bond donors (Lipinski definition) is 3. The van der Waals surface area contributed by atoms with Crippen LogP contribution in [0.3, 0.4) is 0 Å². The third kappa shape index (κ3) is 3.02. The summed E-state index contributed by atoms with van der Waals surface area (Å²) in [4.78, 5) is 13.6. The highest BCUT2D eigenvalue weighted by Crippen LogP contribution is 2.40. The number of nitrogens with zero attached hydrogens (tertiary/aromatic N) is 1. The average molecular weight is 323 g/mol. The van der Waals surface area contributed by atoms with Crippen molar-refractivity contribution in [3.8, 4) is 0 Å². The van der Waals surface area contributed by atoms with E-state index in [2.05, 4.69) is 22.5 Å². The fourth-order valence-electron chi connectivity index (χ4n) is 4.70. The number of aliphatic carboxylic acids is 1. The second-order valence-electron chi connectivity index (χ2n) is 8.27. The molecule has 4 fully saturated rings. The monoisotopic (exact) mass is 323 g/mol. The highest BCUT2D eigenvalue weighted by molar-refractivity contribution is 5.68. The van der Waals surface area contributed by atoms with Crippen LogP contribution in [-0.2, 0) is 9.53 Å². The topological polar surface area (TPSA) is 73.8 Å². The summed E-state index contributed by atoms with van der Waals surface area (Å²) in [7, 11) is 0. The third-order valence-corrected chi connectivity index (χ3v) is 6.50. The number of piperidine rings is 1. The van der Waals surface area contributed by atoms with E-state index in [1.165, 1.54) is 6.42 Å². The summed E-state index contributed by atoms with van der Waals surface area (Å²) in [6.07, 6.45) is 4.74. The number of hydrogen-bond acceptors (Lipinski definition) is 5. The lowest BCUT2D eigenvalue weighted by Crippen LogP contribution is -2.71. The number of carbonyl (C=O) groups is 1. The first kappa shape index (κ1) is 15.8. The van der Waals surface area contributed by atoms with Crippen molar-refractivity contribution in [2.75, 3.05) is 32.8 Å². The third-order valence-electron chi connectivity index (χ3n) is 6.50. The molecule has 130 valence electrons. The lowest BCUT2D eigenvalue weighted by Gasteiger charge is -2.53. The van der Waals surface area contributed by atoms with Gasteiger partial charge in [0.15, 0.2) is 0 Å². The minimum Gasteiger partial charge on any atom is -0.481 e. The Labute approximate surface area is 137 Å². The van der Waals surface area contributed by atoms with Gasteiger partial charge in [0.05, 0.1) is 24.2 Å². The van der Waals surface area contributed by atoms with Crippen molar-refractivity contribution < 1.29 is 14.6 Å². The predicted octanol–water partition coefficient (Wildman–Crippen LogP) is 0.425. The summed E-state index contributed by atoms with van der Waals surface area (Å²) < 4.78 is 6.23. The van der Waals surface area contributed by atoms with E-state index in [1.54, 1.807) is 0 Å². The molecule has 1 spiro atoms. The number of carboxylic acid groups (broad SMARTS) is 1. The highest BCUT2D eigenvalue weighted by Gasteiger charge is 2.50. The summed E-state index contributed by atoms with van der Waals surface area (Å²) in [6.45, 7) is 6.66. The quantitative estimate of drug-likeness (QED) is 0.681. The standard InChI is InChI=1S/C17H29N3O3/c1-12-6-14(12)19-13-7-17(23-9-13)2-4-20(5-3-17)16(8-15(21)22)10-18-11-16/h12-14,18-19H,2-11H2,1H3,(H,21,22)/t12-,13?,14-/m1/s1. The van der Waals surface area contributed by atoms with Crippen LogP contribution in [0.2, 0.25) is 0 Å². The van der Waals surface area contributed by atoms with Gasteiger partial charge in [-0.1, -0.05) is 6.92 Å². The van der Waals surface area contributed by atoms with Crippen LogP contribution >= 0.6 is 0 Å². The van der Waals surface area contributed by atoms with Gasteiger partial charge in [0.1, 0.15) is 0 Å². The van der Waals surface area contributed by atoms with Crippen molar-refractivity contribution in [1.29, 1.82) is 0 Å². The molecule has 6 nitrogen and oxygen atoms in total. The van der Waals surface area contributed by atoms with Gasteiger partial charge >= 0.3 is 5.97 Å². The van der Waals surface area contributed by atoms with Crippen molar-refractivity contribution in [3.05, 3.63) is 0 Å². The second kappa shape index (κ2) is 5.69. The zero-order valence-electron chi connectivity index (χ0n) is 14.0. The molecular weight excluding hydrogens is 294 g/mol. The Bertz CT molecular complexity index is 472. The average Bonchev–Trinajstić information content (AvgIpc) is 3.02. The lowest BCUT2D eigenvalue weighted by molar-refractivity contribution is -0.143. The molecule has 0 bridgehead atoms. The van der Waals surface area contributed by atoms with Gasteiger partial charge in [-0.2, -0.15) is 0 Å². The van der Waals surface area contributed by atoms with E-state index in [-0.39, 0.29) is 17.6 Å². The van der Waals surface area contributed by atoms with Crippen LogP contribution in [0.1, 0.15) is 39.0 Å². The van der Waals surface area contributed by atoms with Gasteiger partial charge in [-0.25, -0.2) is 0 Å². The van der Waals surface area contributed by atoms with Gasteiger partial charge < -0.3 is 20.5 Å². The zero-order chi connectivity index (χ0) is 16.1. The molecule has 3 saturated heterocycles. The summed E-state index contributed by atoms with van der Waals surface area (Å²) in [5.41, 5.74) is -0.124. The number of rotatable bonds is 5. The van der Waals surface area contributed by atoms with Crippen molar-refractivity contribution >= 4 is 5.97 Å². The molecule has 1 aliphatic carbocycles. The lowest BCUT2D eigenvalue weighted by atomic mass is 9.81. The molecular formula is C17H29N3O3. The maximum absolute atomic E-state index is 11.2. The molecule has 4 rings (SSSR count). The Balaban J connectivity index is 1.31. The van der Waals surface area contributed by atoms with E-state index in [0.717, 1.165) is 58.0 Å². The van der Waals surface area contributed by atoms with Crippen molar-refractivity contribution in [1.82, 2.24) is 15.5 Å². The highest BCUT2D eigenvalue weighted by atomic mass is 16.5. The van der Waals surface area contributed by atoms with E-state index in [1.807, 2.05) is 0 Å². The van der Waals surface area contributed by atoms with E-state index < -0.39 is 5.97 Å². The zero-order valence-corrected chi connectivity index (χ0v) is 14.0. The van der Waals surface area contributed by atoms with Crippen molar-refractivity contribution in [2.45, 2.75) is 62.3 Å². The first-order valence-corrected chi connectivity index (χ1v) is 9.08. The molecule has 3 atom stereocenters. The molecule has 0 amide bonds.